The van der Waals surface area contributed by atoms with E-state index in [0.29, 0.717) is 0 Å². The average molecular weight is 265 g/mol. The van der Waals surface area contributed by atoms with E-state index in [0.717, 1.165) is 57.6 Å². The van der Waals surface area contributed by atoms with E-state index in [9.17, 15) is 5.11 Å². The van der Waals surface area contributed by atoms with Crippen LogP contribution in [-0.2, 0) is 13.5 Å². The predicted molar refractivity (Wildman–Crippen MR) is 77.1 cm³/mol. The van der Waals surface area contributed by atoms with Crippen LogP contribution in [0.3, 0.4) is 0 Å². The lowest BCUT2D eigenvalue weighted by molar-refractivity contribution is 0.0166. The van der Waals surface area contributed by atoms with E-state index in [2.05, 4.69) is 16.8 Å². The summed E-state index contributed by atoms with van der Waals surface area (Å²) in [5.41, 5.74) is -0.492. The van der Waals surface area contributed by atoms with E-state index >= 15 is 0 Å². The monoisotopic (exact) mass is 265 g/mol. The Hall–Kier alpha value is -0.870. The highest BCUT2D eigenvalue weighted by Gasteiger charge is 2.29. The quantitative estimate of drug-likeness (QED) is 0.885. The minimum absolute atomic E-state index is 0.492. The summed E-state index contributed by atoms with van der Waals surface area (Å²) in [6.07, 6.45) is 9.63. The van der Waals surface area contributed by atoms with Crippen molar-refractivity contribution in [1.29, 1.82) is 0 Å². The smallest absolute Gasteiger partial charge is 0.108 e. The average Bonchev–Trinajstić information content (AvgIpc) is 2.70. The van der Waals surface area contributed by atoms with Crippen LogP contribution >= 0.6 is 0 Å². The predicted octanol–water partition coefficient (Wildman–Crippen LogP) is 1.98. The molecular weight excluding hydrogens is 238 g/mol. The summed E-state index contributed by atoms with van der Waals surface area (Å²) in [7, 11) is 2.02. The van der Waals surface area contributed by atoms with Crippen molar-refractivity contribution < 1.29 is 5.11 Å². The molecule has 2 rings (SSSR count). The molecule has 1 unspecified atom stereocenters. The molecule has 1 atom stereocenters. The van der Waals surface area contributed by atoms with Crippen molar-refractivity contribution in [1.82, 2.24) is 14.5 Å². The van der Waals surface area contributed by atoms with Crippen LogP contribution < -0.4 is 0 Å². The largest absolute Gasteiger partial charge is 0.390 e. The second kappa shape index (κ2) is 6.53. The number of hydrogen-bond acceptors (Lipinski definition) is 3. The van der Waals surface area contributed by atoms with Crippen LogP contribution in [0.1, 0.15) is 44.9 Å². The summed E-state index contributed by atoms with van der Waals surface area (Å²) in [4.78, 5) is 6.83. The fourth-order valence-corrected chi connectivity index (χ4v) is 3.01. The Morgan fingerprint density at radius 2 is 2.21 bits per heavy atom. The minimum Gasteiger partial charge on any atom is -0.390 e. The molecule has 0 saturated carbocycles. The first-order valence-electron chi connectivity index (χ1n) is 7.54. The zero-order valence-electron chi connectivity index (χ0n) is 12.3. The van der Waals surface area contributed by atoms with E-state index < -0.39 is 5.60 Å². The molecule has 1 aromatic heterocycles. The molecule has 1 aliphatic heterocycles. The third-order valence-electron chi connectivity index (χ3n) is 4.28. The van der Waals surface area contributed by atoms with Gasteiger partial charge in [0.05, 0.1) is 5.60 Å². The summed E-state index contributed by atoms with van der Waals surface area (Å²) in [6, 6.07) is 0. The third kappa shape index (κ3) is 4.05. The zero-order valence-corrected chi connectivity index (χ0v) is 12.3. The lowest BCUT2D eigenvalue weighted by atomic mass is 9.89. The van der Waals surface area contributed by atoms with Crippen LogP contribution in [0.25, 0.3) is 0 Å². The maximum atomic E-state index is 10.8. The Balaban J connectivity index is 1.86. The van der Waals surface area contributed by atoms with Gasteiger partial charge >= 0.3 is 0 Å². The topological polar surface area (TPSA) is 41.3 Å². The molecule has 0 bridgehead atoms. The zero-order chi connectivity index (χ0) is 13.7. The lowest BCUT2D eigenvalue weighted by Gasteiger charge is -2.27. The Kier molecular flexibility index (Phi) is 4.99. The Morgan fingerprint density at radius 1 is 1.37 bits per heavy atom. The Labute approximate surface area is 116 Å². The number of aryl methyl sites for hydroxylation is 2. The van der Waals surface area contributed by atoms with Crippen molar-refractivity contribution in [3.63, 3.8) is 0 Å². The van der Waals surface area contributed by atoms with Crippen LogP contribution in [0.5, 0.6) is 0 Å². The molecule has 1 aromatic rings. The minimum atomic E-state index is -0.492. The molecular formula is C15H27N3O. The first-order chi connectivity index (χ1) is 9.13. The molecule has 1 aliphatic rings. The number of rotatable bonds is 5. The molecule has 0 spiro atoms. The Morgan fingerprint density at radius 3 is 2.89 bits per heavy atom. The molecule has 0 aromatic carbocycles. The maximum absolute atomic E-state index is 10.8. The highest BCUT2D eigenvalue weighted by molar-refractivity contribution is 4.94. The first-order valence-corrected chi connectivity index (χ1v) is 7.54. The van der Waals surface area contributed by atoms with E-state index in [1.54, 1.807) is 0 Å². The number of likely N-dealkylation sites (tertiary alicyclic amines) is 1. The fourth-order valence-electron chi connectivity index (χ4n) is 3.01. The van der Waals surface area contributed by atoms with Crippen LogP contribution in [-0.4, -0.2) is 44.8 Å². The van der Waals surface area contributed by atoms with Gasteiger partial charge in [0, 0.05) is 32.4 Å². The van der Waals surface area contributed by atoms with Crippen molar-refractivity contribution in [2.45, 2.75) is 51.0 Å². The second-order valence-electron chi connectivity index (χ2n) is 5.87. The summed E-state index contributed by atoms with van der Waals surface area (Å²) in [6.45, 7) is 5.55. The SMILES string of the molecule is CCCN1CCCC(O)(CCc2nccn2C)CC1. The van der Waals surface area contributed by atoms with Crippen molar-refractivity contribution in [2.75, 3.05) is 19.6 Å². The van der Waals surface area contributed by atoms with Crippen molar-refractivity contribution in [3.05, 3.63) is 18.2 Å². The number of aliphatic hydroxyl groups is 1. The van der Waals surface area contributed by atoms with Gasteiger partial charge < -0.3 is 14.6 Å². The van der Waals surface area contributed by atoms with Gasteiger partial charge in [-0.2, -0.15) is 0 Å². The molecule has 19 heavy (non-hydrogen) atoms. The van der Waals surface area contributed by atoms with Gasteiger partial charge in [-0.25, -0.2) is 4.98 Å². The number of imidazole rings is 1. The van der Waals surface area contributed by atoms with Crippen LogP contribution in [0.2, 0.25) is 0 Å². The van der Waals surface area contributed by atoms with Crippen LogP contribution in [0.15, 0.2) is 12.4 Å². The molecule has 4 heteroatoms. The van der Waals surface area contributed by atoms with Gasteiger partial charge in [0.15, 0.2) is 0 Å². The molecule has 1 fully saturated rings. The van der Waals surface area contributed by atoms with E-state index in [4.69, 9.17) is 0 Å². The van der Waals surface area contributed by atoms with Gasteiger partial charge in [0.2, 0.25) is 0 Å². The molecule has 108 valence electrons. The van der Waals surface area contributed by atoms with E-state index in [1.165, 1.54) is 6.42 Å². The van der Waals surface area contributed by atoms with Crippen molar-refractivity contribution >= 4 is 0 Å². The summed E-state index contributed by atoms with van der Waals surface area (Å²) in [5, 5.41) is 10.8. The number of hydrogen-bond donors (Lipinski definition) is 1. The first kappa shape index (κ1) is 14.5. The van der Waals surface area contributed by atoms with Crippen LogP contribution in [0, 0.1) is 0 Å². The summed E-state index contributed by atoms with van der Waals surface area (Å²) < 4.78 is 2.05. The van der Waals surface area contributed by atoms with Crippen LogP contribution in [0.4, 0.5) is 0 Å². The fraction of sp³-hybridized carbons (Fsp3) is 0.800. The van der Waals surface area contributed by atoms with Gasteiger partial charge in [0.1, 0.15) is 5.82 Å². The molecule has 0 aliphatic carbocycles. The van der Waals surface area contributed by atoms with Gasteiger partial charge in [0.25, 0.3) is 0 Å². The van der Waals surface area contributed by atoms with E-state index in [1.807, 2.05) is 24.0 Å². The summed E-state index contributed by atoms with van der Waals surface area (Å²) >= 11 is 0. The van der Waals surface area contributed by atoms with Crippen molar-refractivity contribution in [2.24, 2.45) is 7.05 Å². The van der Waals surface area contributed by atoms with E-state index in [-0.39, 0.29) is 0 Å². The lowest BCUT2D eigenvalue weighted by Crippen LogP contribution is -2.32. The molecule has 1 saturated heterocycles. The standard InChI is InChI=1S/C15H27N3O/c1-3-10-18-11-4-6-15(19,8-12-18)7-5-14-16-9-13-17(14)2/h9,13,19H,3-8,10-12H2,1-2H3. The molecule has 0 radical (unpaired) electrons. The van der Waals surface area contributed by atoms with Gasteiger partial charge in [-0.3, -0.25) is 0 Å². The third-order valence-corrected chi connectivity index (χ3v) is 4.28. The second-order valence-corrected chi connectivity index (χ2v) is 5.87. The normalized spacial score (nSPS) is 25.4. The van der Waals surface area contributed by atoms with Gasteiger partial charge in [-0.1, -0.05) is 6.92 Å². The molecule has 4 nitrogen and oxygen atoms in total. The van der Waals surface area contributed by atoms with Crippen molar-refractivity contribution in [3.8, 4) is 0 Å². The van der Waals surface area contributed by atoms with Gasteiger partial charge in [-0.05, 0) is 45.2 Å². The molecule has 1 N–H and O–H groups in total. The number of nitrogens with zero attached hydrogens (tertiary/aromatic N) is 3. The molecule has 0 amide bonds. The number of aromatic nitrogens is 2. The van der Waals surface area contributed by atoms with Gasteiger partial charge in [-0.15, -0.1) is 0 Å². The highest BCUT2D eigenvalue weighted by atomic mass is 16.3. The maximum Gasteiger partial charge on any atom is 0.108 e. The molecule has 2 heterocycles. The highest BCUT2D eigenvalue weighted by Crippen LogP contribution is 2.27. The summed E-state index contributed by atoms with van der Waals surface area (Å²) in [5.74, 6) is 1.07. The Bertz CT molecular complexity index is 390.